The van der Waals surface area contributed by atoms with E-state index in [-0.39, 0.29) is 29.8 Å². The van der Waals surface area contributed by atoms with Crippen LogP contribution in [0.3, 0.4) is 0 Å². The zero-order chi connectivity index (χ0) is 11.6. The van der Waals surface area contributed by atoms with Gasteiger partial charge in [0.25, 0.3) is 0 Å². The van der Waals surface area contributed by atoms with E-state index >= 15 is 0 Å². The molecular weight excluding hydrogens is 262 g/mol. The van der Waals surface area contributed by atoms with Gasteiger partial charge in [-0.1, -0.05) is 0 Å². The minimum absolute atomic E-state index is 0. The maximum absolute atomic E-state index is 11.4. The summed E-state index contributed by atoms with van der Waals surface area (Å²) in [5.41, 5.74) is 6.26. The summed E-state index contributed by atoms with van der Waals surface area (Å²) in [5, 5.41) is 0. The number of halogens is 1. The van der Waals surface area contributed by atoms with Crippen molar-refractivity contribution in [3.8, 4) is 0 Å². The number of rotatable bonds is 3. The van der Waals surface area contributed by atoms with Crippen molar-refractivity contribution in [3.63, 3.8) is 0 Å². The number of nitrogens with two attached hydrogens (primary N) is 1. The fraction of sp³-hybridized carbons (Fsp3) is 0.600. The molecule has 0 aromatic carbocycles. The molecule has 1 atom stereocenters. The molecule has 0 bridgehead atoms. The molecule has 0 saturated carbocycles. The summed E-state index contributed by atoms with van der Waals surface area (Å²) in [5.74, 6) is 1.22. The summed E-state index contributed by atoms with van der Waals surface area (Å²) >= 11 is 0. The lowest BCUT2D eigenvalue weighted by Gasteiger charge is -2.07. The van der Waals surface area contributed by atoms with Gasteiger partial charge in [-0.3, -0.25) is 0 Å². The van der Waals surface area contributed by atoms with E-state index in [2.05, 4.69) is 9.97 Å². The Morgan fingerprint density at radius 2 is 2.24 bits per heavy atom. The predicted octanol–water partition coefficient (Wildman–Crippen LogP) is 0.302. The zero-order valence-corrected chi connectivity index (χ0v) is 11.0. The lowest BCUT2D eigenvalue weighted by molar-refractivity contribution is 0.601. The maximum Gasteiger partial charge on any atom is 0.151 e. The average molecular weight is 278 g/mol. The molecule has 1 aromatic rings. The topological polar surface area (TPSA) is 85.9 Å². The summed E-state index contributed by atoms with van der Waals surface area (Å²) < 4.78 is 22.7. The number of nitrogens with zero attached hydrogens (tertiary/aromatic N) is 2. The van der Waals surface area contributed by atoms with Crippen LogP contribution < -0.4 is 5.73 Å². The maximum atomic E-state index is 11.4. The molecule has 1 saturated heterocycles. The van der Waals surface area contributed by atoms with Gasteiger partial charge in [-0.2, -0.15) is 0 Å². The molecule has 1 fully saturated rings. The second-order valence-electron chi connectivity index (χ2n) is 4.04. The molecule has 5 nitrogen and oxygen atoms in total. The van der Waals surface area contributed by atoms with Crippen LogP contribution in [0.2, 0.25) is 0 Å². The molecule has 1 aliphatic rings. The standard InChI is InChI=1S/C10H15N3O2S.ClH/c11-4-1-10-12-5-2-9(13-10)8-3-6-16(14,15)7-8;/h2,5,8H,1,3-4,6-7,11H2;1H. The fourth-order valence-corrected chi connectivity index (χ4v) is 3.68. The Labute approximate surface area is 107 Å². The monoisotopic (exact) mass is 277 g/mol. The Balaban J connectivity index is 0.00000144. The van der Waals surface area contributed by atoms with Crippen LogP contribution in [0.1, 0.15) is 23.9 Å². The van der Waals surface area contributed by atoms with Crippen molar-refractivity contribution < 1.29 is 8.42 Å². The van der Waals surface area contributed by atoms with E-state index < -0.39 is 9.84 Å². The van der Waals surface area contributed by atoms with Crippen molar-refractivity contribution in [1.29, 1.82) is 0 Å². The fourth-order valence-electron chi connectivity index (χ4n) is 1.92. The van der Waals surface area contributed by atoms with Gasteiger partial charge < -0.3 is 5.73 Å². The smallest absolute Gasteiger partial charge is 0.151 e. The third kappa shape index (κ3) is 3.62. The Hall–Kier alpha value is -0.720. The normalized spacial score (nSPS) is 22.1. The summed E-state index contributed by atoms with van der Waals surface area (Å²) in [4.78, 5) is 8.45. The van der Waals surface area contributed by atoms with E-state index in [9.17, 15) is 8.42 Å². The minimum atomic E-state index is -2.85. The van der Waals surface area contributed by atoms with Crippen LogP contribution in [0, 0.1) is 0 Å². The van der Waals surface area contributed by atoms with Crippen LogP contribution in [0.4, 0.5) is 0 Å². The Bertz CT molecular complexity index is 478. The number of aromatic nitrogens is 2. The van der Waals surface area contributed by atoms with Crippen LogP contribution in [0.25, 0.3) is 0 Å². The highest BCUT2D eigenvalue weighted by molar-refractivity contribution is 7.91. The van der Waals surface area contributed by atoms with E-state index in [1.165, 1.54) is 0 Å². The van der Waals surface area contributed by atoms with Crippen molar-refractivity contribution in [3.05, 3.63) is 23.8 Å². The van der Waals surface area contributed by atoms with Gasteiger partial charge >= 0.3 is 0 Å². The van der Waals surface area contributed by atoms with Gasteiger partial charge in [-0.15, -0.1) is 12.4 Å². The van der Waals surface area contributed by atoms with Gasteiger partial charge in [0.05, 0.1) is 11.5 Å². The zero-order valence-electron chi connectivity index (χ0n) is 9.37. The lowest BCUT2D eigenvalue weighted by Crippen LogP contribution is -2.10. The number of hydrogen-bond donors (Lipinski definition) is 1. The van der Waals surface area contributed by atoms with Crippen LogP contribution in [-0.4, -0.2) is 36.4 Å². The third-order valence-corrected chi connectivity index (χ3v) is 4.51. The van der Waals surface area contributed by atoms with Crippen LogP contribution in [0.15, 0.2) is 12.3 Å². The van der Waals surface area contributed by atoms with Crippen LogP contribution in [0.5, 0.6) is 0 Å². The number of sulfone groups is 1. The largest absolute Gasteiger partial charge is 0.330 e. The van der Waals surface area contributed by atoms with Crippen molar-refractivity contribution in [2.24, 2.45) is 5.73 Å². The second kappa shape index (κ2) is 5.75. The van der Waals surface area contributed by atoms with Gasteiger partial charge in [0.2, 0.25) is 0 Å². The highest BCUT2D eigenvalue weighted by Gasteiger charge is 2.29. The Morgan fingerprint density at radius 3 is 2.82 bits per heavy atom. The van der Waals surface area contributed by atoms with E-state index in [1.54, 1.807) is 12.3 Å². The molecule has 0 aliphatic carbocycles. The second-order valence-corrected chi connectivity index (χ2v) is 6.27. The van der Waals surface area contributed by atoms with Gasteiger partial charge in [0.15, 0.2) is 9.84 Å². The van der Waals surface area contributed by atoms with Crippen molar-refractivity contribution in [2.75, 3.05) is 18.1 Å². The third-order valence-electron chi connectivity index (χ3n) is 2.75. The quantitative estimate of drug-likeness (QED) is 0.859. The molecule has 1 aromatic heterocycles. The molecule has 2 N–H and O–H groups in total. The molecule has 1 unspecified atom stereocenters. The molecule has 0 radical (unpaired) electrons. The number of hydrogen-bond acceptors (Lipinski definition) is 5. The highest BCUT2D eigenvalue weighted by Crippen LogP contribution is 2.27. The van der Waals surface area contributed by atoms with Crippen molar-refractivity contribution in [1.82, 2.24) is 9.97 Å². The van der Waals surface area contributed by atoms with Crippen molar-refractivity contribution in [2.45, 2.75) is 18.8 Å². The van der Waals surface area contributed by atoms with Gasteiger partial charge in [0.1, 0.15) is 5.82 Å². The van der Waals surface area contributed by atoms with Crippen LogP contribution >= 0.6 is 12.4 Å². The molecule has 96 valence electrons. The first-order chi connectivity index (χ1) is 7.61. The molecular formula is C10H16ClN3O2S. The molecule has 2 heterocycles. The van der Waals surface area contributed by atoms with Gasteiger partial charge in [-0.05, 0) is 19.0 Å². The Morgan fingerprint density at radius 1 is 1.47 bits per heavy atom. The first-order valence-corrected chi connectivity index (χ1v) is 7.15. The summed E-state index contributed by atoms with van der Waals surface area (Å²) in [6.45, 7) is 0.506. The Kier molecular flexibility index (Phi) is 4.85. The first-order valence-electron chi connectivity index (χ1n) is 5.33. The predicted molar refractivity (Wildman–Crippen MR) is 68.1 cm³/mol. The average Bonchev–Trinajstić information content (AvgIpc) is 2.60. The molecule has 1 aliphatic heterocycles. The van der Waals surface area contributed by atoms with Crippen LogP contribution in [-0.2, 0) is 16.3 Å². The molecule has 17 heavy (non-hydrogen) atoms. The highest BCUT2D eigenvalue weighted by atomic mass is 35.5. The van der Waals surface area contributed by atoms with Gasteiger partial charge in [-0.25, -0.2) is 18.4 Å². The SMILES string of the molecule is Cl.NCCc1nccc(C2CCS(=O)(=O)C2)n1. The van der Waals surface area contributed by atoms with E-state index in [4.69, 9.17) is 5.73 Å². The molecule has 0 amide bonds. The minimum Gasteiger partial charge on any atom is -0.330 e. The van der Waals surface area contributed by atoms with Gasteiger partial charge in [0, 0.05) is 24.2 Å². The lowest BCUT2D eigenvalue weighted by atomic mass is 10.1. The summed E-state index contributed by atoms with van der Waals surface area (Å²) in [6, 6.07) is 1.80. The molecule has 0 spiro atoms. The molecule has 7 heteroatoms. The summed E-state index contributed by atoms with van der Waals surface area (Å²) in [6.07, 6.45) is 2.98. The molecule has 2 rings (SSSR count). The first kappa shape index (κ1) is 14.3. The van der Waals surface area contributed by atoms with E-state index in [0.717, 1.165) is 5.69 Å². The van der Waals surface area contributed by atoms with Crippen molar-refractivity contribution >= 4 is 22.2 Å². The summed E-state index contributed by atoms with van der Waals surface area (Å²) in [7, 11) is -2.85. The van der Waals surface area contributed by atoms with E-state index in [1.807, 2.05) is 0 Å². The van der Waals surface area contributed by atoms with E-state index in [0.29, 0.717) is 25.2 Å².